The zero-order valence-electron chi connectivity index (χ0n) is 39.4. The van der Waals surface area contributed by atoms with Crippen LogP contribution in [0, 0.1) is 0 Å². The number of anilines is 2. The average Bonchev–Trinajstić information content (AvgIpc) is 3.49. The van der Waals surface area contributed by atoms with E-state index in [1.54, 1.807) is 0 Å². The van der Waals surface area contributed by atoms with E-state index in [0.29, 0.717) is 23.7 Å². The van der Waals surface area contributed by atoms with Crippen molar-refractivity contribution in [2.75, 3.05) is 42.9 Å². The molecule has 7 nitrogen and oxygen atoms in total. The number of alkyl halides is 3. The molecular formula is C50H69ClF3N2O5PS. The van der Waals surface area contributed by atoms with Crippen molar-refractivity contribution < 1.29 is 35.6 Å². The second-order valence-corrected chi connectivity index (χ2v) is 21.2. The van der Waals surface area contributed by atoms with Gasteiger partial charge in [-0.3, -0.25) is 9.80 Å². The Morgan fingerprint density at radius 1 is 0.603 bits per heavy atom. The third kappa shape index (κ3) is 13.9. The summed E-state index contributed by atoms with van der Waals surface area (Å²) in [7, 11) is -8.39. The molecule has 1 aliphatic heterocycles. The van der Waals surface area contributed by atoms with Crippen LogP contribution in [0.15, 0.2) is 120 Å². The summed E-state index contributed by atoms with van der Waals surface area (Å²) in [5.74, 6) is 2.14. The summed E-state index contributed by atoms with van der Waals surface area (Å²) in [5, 5.41) is 3.32. The zero-order valence-corrected chi connectivity index (χ0v) is 41.9. The fourth-order valence-electron chi connectivity index (χ4n) is 7.17. The van der Waals surface area contributed by atoms with Gasteiger partial charge >= 0.3 is 5.51 Å². The van der Waals surface area contributed by atoms with Crippen molar-refractivity contribution in [1.82, 2.24) is 0 Å². The number of nitrogens with zero attached hydrogens (tertiary/aromatic N) is 2. The molecule has 0 aliphatic carbocycles. The minimum absolute atomic E-state index is 0.312. The predicted octanol–water partition coefficient (Wildman–Crippen LogP) is 13.8. The number of benzene rings is 4. The van der Waals surface area contributed by atoms with Crippen LogP contribution in [0.1, 0.15) is 129 Å². The summed E-state index contributed by atoms with van der Waals surface area (Å²) >= 11 is 7.95. The highest BCUT2D eigenvalue weighted by atomic mass is 35.5. The quantitative estimate of drug-likeness (QED) is 0.0571. The summed E-state index contributed by atoms with van der Waals surface area (Å²) < 4.78 is 68.6. The fourth-order valence-corrected chi connectivity index (χ4v) is 11.4. The Hall–Kier alpha value is -3.70. The van der Waals surface area contributed by atoms with Gasteiger partial charge in [-0.05, 0) is 97.9 Å². The number of halogens is 4. The van der Waals surface area contributed by atoms with E-state index in [1.807, 2.05) is 27.7 Å². The monoisotopic (exact) mass is 932 g/mol. The van der Waals surface area contributed by atoms with E-state index in [0.717, 1.165) is 42.8 Å². The minimum atomic E-state index is -6.09. The van der Waals surface area contributed by atoms with E-state index < -0.39 is 22.9 Å². The number of hydrogen-bond donors (Lipinski definition) is 0. The van der Waals surface area contributed by atoms with Gasteiger partial charge in [0.1, 0.15) is 23.7 Å². The number of hydrogen-bond acceptors (Lipinski definition) is 7. The molecule has 0 radical (unpaired) electrons. The Morgan fingerprint density at radius 3 is 1.13 bits per heavy atom. The van der Waals surface area contributed by atoms with Crippen LogP contribution in [0.3, 0.4) is 0 Å². The molecular weight excluding hydrogens is 864 g/mol. The molecule has 4 aromatic carbocycles. The van der Waals surface area contributed by atoms with Gasteiger partial charge in [-0.15, -0.1) is 0 Å². The molecule has 1 aliphatic rings. The lowest BCUT2D eigenvalue weighted by Crippen LogP contribution is -2.32. The molecule has 0 amide bonds. The molecule has 0 unspecified atom stereocenters. The van der Waals surface area contributed by atoms with E-state index in [1.165, 1.54) is 44.2 Å². The molecule has 0 saturated carbocycles. The first-order valence-corrected chi connectivity index (χ1v) is 25.6. The molecule has 63 heavy (non-hydrogen) atoms. The SMILES string of the molecule is C=C1N(c2c(C(C)C)cccc2C(C)C)C(Cl)=C([P+](C)(c2ccccc2)c2ccccc2)N1c1c(C(C)C)cccc1C(C)C.CCOCC.CCOCC.O=S(=O)([O-])C(F)(F)F. The van der Waals surface area contributed by atoms with E-state index in [9.17, 15) is 13.2 Å². The smallest absolute Gasteiger partial charge is 0.485 e. The maximum Gasteiger partial charge on any atom is 0.485 e. The normalized spacial score (nSPS) is 13.3. The molecule has 5 rings (SSSR count). The van der Waals surface area contributed by atoms with Crippen molar-refractivity contribution in [1.29, 1.82) is 0 Å². The Balaban J connectivity index is 0.000000637. The van der Waals surface area contributed by atoms with Gasteiger partial charge in [0.2, 0.25) is 5.44 Å². The molecule has 0 N–H and O–H groups in total. The lowest BCUT2D eigenvalue weighted by Gasteiger charge is -2.35. The molecule has 4 aromatic rings. The molecule has 13 heteroatoms. The summed E-state index contributed by atoms with van der Waals surface area (Å²) in [6, 6.07) is 35.4. The molecule has 0 bridgehead atoms. The average molecular weight is 934 g/mol. The van der Waals surface area contributed by atoms with Crippen molar-refractivity contribution in [2.24, 2.45) is 0 Å². The van der Waals surface area contributed by atoms with Crippen molar-refractivity contribution >= 4 is 51.0 Å². The first-order chi connectivity index (χ1) is 29.5. The summed E-state index contributed by atoms with van der Waals surface area (Å²) in [4.78, 5) is 4.74. The van der Waals surface area contributed by atoms with Crippen LogP contribution in [0.5, 0.6) is 0 Å². The van der Waals surface area contributed by atoms with Gasteiger partial charge in [-0.25, -0.2) is 8.42 Å². The Bertz CT molecular complexity index is 2080. The van der Waals surface area contributed by atoms with Gasteiger partial charge < -0.3 is 14.0 Å². The van der Waals surface area contributed by atoms with E-state index in [2.05, 4.69) is 169 Å². The fraction of sp³-hybridized carbons (Fsp3) is 0.440. The Labute approximate surface area is 382 Å². The number of para-hydroxylation sites is 2. The number of rotatable bonds is 13. The van der Waals surface area contributed by atoms with Crippen molar-refractivity contribution in [3.8, 4) is 0 Å². The second kappa shape index (κ2) is 25.1. The maximum atomic E-state index is 10.7. The van der Waals surface area contributed by atoms with Crippen LogP contribution >= 0.6 is 18.9 Å². The third-order valence-corrected chi connectivity index (χ3v) is 15.3. The van der Waals surface area contributed by atoms with Crippen LogP contribution in [-0.2, 0) is 19.6 Å². The van der Waals surface area contributed by atoms with Gasteiger partial charge in [-0.2, -0.15) is 13.2 Å². The zero-order chi connectivity index (χ0) is 47.9. The molecule has 0 aromatic heterocycles. The van der Waals surface area contributed by atoms with Crippen LogP contribution in [-0.4, -0.2) is 51.6 Å². The first kappa shape index (κ1) is 55.4. The van der Waals surface area contributed by atoms with Gasteiger partial charge in [0, 0.05) is 26.4 Å². The Morgan fingerprint density at radius 2 is 0.889 bits per heavy atom. The molecule has 0 atom stereocenters. The predicted molar refractivity (Wildman–Crippen MR) is 261 cm³/mol. The largest absolute Gasteiger partial charge is 0.741 e. The van der Waals surface area contributed by atoms with Gasteiger partial charge in [0.15, 0.2) is 15.3 Å². The minimum Gasteiger partial charge on any atom is -0.741 e. The van der Waals surface area contributed by atoms with Gasteiger partial charge in [0.25, 0.3) is 0 Å². The topological polar surface area (TPSA) is 82.1 Å². The van der Waals surface area contributed by atoms with Crippen LogP contribution in [0.4, 0.5) is 24.5 Å². The third-order valence-electron chi connectivity index (χ3n) is 10.3. The van der Waals surface area contributed by atoms with Crippen molar-refractivity contribution in [3.63, 3.8) is 0 Å². The highest BCUT2D eigenvalue weighted by Gasteiger charge is 2.54. The lowest BCUT2D eigenvalue weighted by molar-refractivity contribution is -0.0517. The van der Waals surface area contributed by atoms with Crippen LogP contribution in [0.2, 0.25) is 0 Å². The Kier molecular flexibility index (Phi) is 22.1. The standard InChI is InChI=1S/C41H49ClN2P.2C4H10O.CHF3O3S/c1-27(2)34-23-17-24-35(28(3)4)38(34)43-31(9)44(39-36(29(5)6)25-18-26-37(39)30(7)8)41(40(43)42)45(10,32-19-13-11-14-20-32)33-21-15-12-16-22-33;2*1-3-5-4-2;2-1(3,4)8(5,6)7/h11-30H,9H2,1-8,10H3;2*3-4H2,1-2H3;(H,5,6,7)/q+1;;;/p-1. The van der Waals surface area contributed by atoms with E-state index >= 15 is 0 Å². The summed E-state index contributed by atoms with van der Waals surface area (Å²) in [5.41, 5.74) is 3.04. The first-order valence-electron chi connectivity index (χ1n) is 21.6. The van der Waals surface area contributed by atoms with Crippen molar-refractivity contribution in [2.45, 2.75) is 112 Å². The highest BCUT2D eigenvalue weighted by Crippen LogP contribution is 2.67. The van der Waals surface area contributed by atoms with Gasteiger partial charge in [-0.1, -0.05) is 146 Å². The molecule has 0 saturated heterocycles. The molecule has 0 fully saturated rings. The highest BCUT2D eigenvalue weighted by molar-refractivity contribution is 7.92. The van der Waals surface area contributed by atoms with Gasteiger partial charge in [0.05, 0.1) is 18.0 Å². The molecule has 348 valence electrons. The van der Waals surface area contributed by atoms with Crippen molar-refractivity contribution in [3.05, 3.63) is 142 Å². The van der Waals surface area contributed by atoms with Crippen LogP contribution < -0.4 is 20.4 Å². The summed E-state index contributed by atoms with van der Waals surface area (Å²) in [6.45, 7) is 36.9. The van der Waals surface area contributed by atoms with E-state index in [4.69, 9.17) is 40.6 Å². The second-order valence-electron chi connectivity index (χ2n) is 16.0. The summed E-state index contributed by atoms with van der Waals surface area (Å²) in [6.07, 6.45) is 0. The number of ether oxygens (including phenoxy) is 2. The van der Waals surface area contributed by atoms with Crippen LogP contribution in [0.25, 0.3) is 0 Å². The lowest BCUT2D eigenvalue weighted by atomic mass is 9.91. The van der Waals surface area contributed by atoms with E-state index in [-0.39, 0.29) is 0 Å². The maximum absolute atomic E-state index is 10.7. The molecule has 1 heterocycles. The molecule has 0 spiro atoms.